The molecule has 0 saturated carbocycles. The number of nitrogens with two attached hydrogens (primary N) is 1. The van der Waals surface area contributed by atoms with Gasteiger partial charge in [0.2, 0.25) is 5.91 Å². The quantitative estimate of drug-likeness (QED) is 0.391. The number of carbonyl (C=O) groups is 2. The average molecular weight is 546 g/mol. The van der Waals surface area contributed by atoms with Crippen LogP contribution in [0.1, 0.15) is 75.8 Å². The summed E-state index contributed by atoms with van der Waals surface area (Å²) in [5.74, 6) is -3.80. The molecule has 7 nitrogen and oxygen atoms in total. The van der Waals surface area contributed by atoms with Crippen LogP contribution in [0.4, 0.5) is 19.3 Å². The molecule has 0 aliphatic heterocycles. The van der Waals surface area contributed by atoms with Crippen molar-refractivity contribution in [3.63, 3.8) is 0 Å². The summed E-state index contributed by atoms with van der Waals surface area (Å²) >= 11 is 0. The van der Waals surface area contributed by atoms with Crippen molar-refractivity contribution in [3.05, 3.63) is 64.2 Å². The van der Waals surface area contributed by atoms with Gasteiger partial charge in [-0.25, -0.2) is 13.6 Å². The van der Waals surface area contributed by atoms with Crippen molar-refractivity contribution in [2.75, 3.05) is 18.0 Å². The van der Waals surface area contributed by atoms with Crippen molar-refractivity contribution in [2.24, 2.45) is 11.7 Å². The number of primary amides is 1. The molecule has 39 heavy (non-hydrogen) atoms. The van der Waals surface area contributed by atoms with Crippen LogP contribution >= 0.6 is 0 Å². The zero-order valence-corrected chi connectivity index (χ0v) is 23.5. The molecule has 0 aromatic heterocycles. The highest BCUT2D eigenvalue weighted by Gasteiger charge is 2.32. The van der Waals surface area contributed by atoms with E-state index in [0.29, 0.717) is 6.07 Å². The predicted octanol–water partition coefficient (Wildman–Crippen LogP) is 4.96. The number of nitrogens with one attached hydrogen (secondary N) is 1. The van der Waals surface area contributed by atoms with Gasteiger partial charge in [0, 0.05) is 25.2 Å². The van der Waals surface area contributed by atoms with E-state index >= 15 is 4.39 Å². The number of ether oxygens (including phenoxy) is 1. The lowest BCUT2D eigenvalue weighted by Gasteiger charge is -2.30. The zero-order valence-electron chi connectivity index (χ0n) is 23.5. The summed E-state index contributed by atoms with van der Waals surface area (Å²) in [7, 11) is 0. The predicted molar refractivity (Wildman–Crippen MR) is 148 cm³/mol. The molecule has 1 aliphatic rings. The molecule has 0 fully saturated rings. The van der Waals surface area contributed by atoms with Crippen molar-refractivity contribution in [3.8, 4) is 0 Å². The number of halogens is 2. The zero-order chi connectivity index (χ0) is 28.9. The van der Waals surface area contributed by atoms with E-state index in [-0.39, 0.29) is 36.8 Å². The normalized spacial score (nSPS) is 16.8. The number of hydrogen-bond acceptors (Lipinski definition) is 5. The molecule has 2 aromatic rings. The van der Waals surface area contributed by atoms with Crippen LogP contribution in [0, 0.1) is 17.6 Å². The molecule has 1 aliphatic carbocycles. The molecule has 2 amide bonds. The van der Waals surface area contributed by atoms with Crippen LogP contribution in [0.2, 0.25) is 0 Å². The van der Waals surface area contributed by atoms with Gasteiger partial charge in [-0.2, -0.15) is 0 Å². The second-order valence-electron chi connectivity index (χ2n) is 11.1. The third-order valence-electron chi connectivity index (χ3n) is 7.08. The van der Waals surface area contributed by atoms with Gasteiger partial charge in [-0.15, -0.1) is 0 Å². The van der Waals surface area contributed by atoms with Crippen LogP contribution in [0.5, 0.6) is 0 Å². The minimum Gasteiger partial charge on any atom is -0.443 e. The smallest absolute Gasteiger partial charge is 0.414 e. The highest BCUT2D eigenvalue weighted by Crippen LogP contribution is 2.32. The number of carbonyl (C=O) groups excluding carboxylic acids is 2. The molecule has 3 unspecified atom stereocenters. The molecule has 0 radical (unpaired) electrons. The van der Waals surface area contributed by atoms with Crippen LogP contribution in [0.15, 0.2) is 30.3 Å². The highest BCUT2D eigenvalue weighted by molar-refractivity contribution is 5.89. The number of fused-ring (bicyclic) bond motifs is 1. The monoisotopic (exact) mass is 545 g/mol. The molecule has 9 heteroatoms. The van der Waals surface area contributed by atoms with E-state index in [2.05, 4.69) is 30.4 Å². The fourth-order valence-corrected chi connectivity index (χ4v) is 5.12. The number of amides is 2. The first-order chi connectivity index (χ1) is 18.3. The van der Waals surface area contributed by atoms with Gasteiger partial charge in [0.05, 0.1) is 17.7 Å². The van der Waals surface area contributed by atoms with Crippen LogP contribution in [-0.2, 0) is 28.8 Å². The van der Waals surface area contributed by atoms with E-state index in [1.807, 2.05) is 0 Å². The van der Waals surface area contributed by atoms with E-state index < -0.39 is 41.3 Å². The van der Waals surface area contributed by atoms with Crippen LogP contribution in [0.3, 0.4) is 0 Å². The largest absolute Gasteiger partial charge is 0.443 e. The lowest BCUT2D eigenvalue weighted by molar-refractivity contribution is -0.125. The van der Waals surface area contributed by atoms with Gasteiger partial charge in [-0.05, 0) is 88.1 Å². The summed E-state index contributed by atoms with van der Waals surface area (Å²) in [5, 5.41) is 14.4. The molecule has 3 atom stereocenters. The summed E-state index contributed by atoms with van der Waals surface area (Å²) in [5.41, 5.74) is 8.34. The van der Waals surface area contributed by atoms with Crippen molar-refractivity contribution < 1.29 is 28.2 Å². The molecular weight excluding hydrogens is 504 g/mol. The number of benzene rings is 2. The highest BCUT2D eigenvalue weighted by atomic mass is 19.1. The van der Waals surface area contributed by atoms with E-state index in [1.54, 1.807) is 27.7 Å². The Kier molecular flexibility index (Phi) is 10.1. The van der Waals surface area contributed by atoms with Crippen LogP contribution in [0.25, 0.3) is 0 Å². The lowest BCUT2D eigenvalue weighted by Crippen LogP contribution is -2.43. The molecular formula is C30H41F2N3O4. The molecule has 0 saturated heterocycles. The minimum atomic E-state index is -1.22. The maximum Gasteiger partial charge on any atom is 0.414 e. The van der Waals surface area contributed by atoms with Crippen molar-refractivity contribution in [1.82, 2.24) is 5.32 Å². The summed E-state index contributed by atoms with van der Waals surface area (Å²) in [6.07, 6.45) is 1.49. The first-order valence-corrected chi connectivity index (χ1v) is 13.7. The Morgan fingerprint density at radius 2 is 1.92 bits per heavy atom. The van der Waals surface area contributed by atoms with E-state index in [4.69, 9.17) is 10.5 Å². The maximum atomic E-state index is 15.1. The van der Waals surface area contributed by atoms with E-state index in [1.165, 1.54) is 16.7 Å². The third kappa shape index (κ3) is 7.76. The first kappa shape index (κ1) is 30.5. The Morgan fingerprint density at radius 3 is 2.54 bits per heavy atom. The maximum absolute atomic E-state index is 15.1. The number of aliphatic hydroxyl groups is 1. The summed E-state index contributed by atoms with van der Waals surface area (Å²) in [6.45, 7) is 8.87. The Morgan fingerprint density at radius 1 is 1.21 bits per heavy atom. The Labute approximate surface area is 229 Å². The minimum absolute atomic E-state index is 0.00773. The van der Waals surface area contributed by atoms with E-state index in [0.717, 1.165) is 36.6 Å². The summed E-state index contributed by atoms with van der Waals surface area (Å²) < 4.78 is 34.8. The fraction of sp³-hybridized carbons (Fsp3) is 0.533. The SMILES string of the molecule is CCc1ccc2c(c1)C(NCC(O)C(Cc1cc(F)cc(F)c1N(CC)C(=O)OC(C)(C)C)C(N)=O)CCC2. The molecule has 0 bridgehead atoms. The number of anilines is 1. The van der Waals surface area contributed by atoms with Gasteiger partial charge in [-0.3, -0.25) is 9.69 Å². The van der Waals surface area contributed by atoms with Crippen LogP contribution < -0.4 is 16.0 Å². The Balaban J connectivity index is 1.84. The topological polar surface area (TPSA) is 105 Å². The molecule has 3 rings (SSSR count). The van der Waals surface area contributed by atoms with Crippen molar-refractivity contribution in [2.45, 2.75) is 84.5 Å². The van der Waals surface area contributed by atoms with Gasteiger partial charge in [0.25, 0.3) is 0 Å². The first-order valence-electron chi connectivity index (χ1n) is 13.7. The number of aliphatic hydroxyl groups excluding tert-OH is 1. The Bertz CT molecular complexity index is 1180. The Hall–Kier alpha value is -3.04. The number of nitrogens with zero attached hydrogens (tertiary/aromatic N) is 1. The second kappa shape index (κ2) is 12.9. The lowest BCUT2D eigenvalue weighted by atomic mass is 9.85. The number of aryl methyl sites for hydroxylation is 2. The van der Waals surface area contributed by atoms with Gasteiger partial charge < -0.3 is 20.9 Å². The van der Waals surface area contributed by atoms with Gasteiger partial charge in [-0.1, -0.05) is 25.1 Å². The number of hydrogen-bond donors (Lipinski definition) is 3. The fourth-order valence-electron chi connectivity index (χ4n) is 5.12. The molecule has 2 aromatic carbocycles. The van der Waals surface area contributed by atoms with Gasteiger partial charge >= 0.3 is 6.09 Å². The standard InChI is InChI=1S/C30H41F2N3O4/c1-6-18-11-12-19-9-8-10-25(22(19)13-18)34-17-26(36)23(28(33)37)15-20-14-21(31)16-24(32)27(20)35(7-2)29(38)39-30(3,4)5/h11-14,16,23,25-26,34,36H,6-10,15,17H2,1-5H3,(H2,33,37). The summed E-state index contributed by atoms with van der Waals surface area (Å²) in [4.78, 5) is 26.4. The molecule has 4 N–H and O–H groups in total. The van der Waals surface area contributed by atoms with Crippen molar-refractivity contribution >= 4 is 17.7 Å². The molecule has 0 heterocycles. The van der Waals surface area contributed by atoms with E-state index in [9.17, 15) is 19.1 Å². The molecule has 214 valence electrons. The average Bonchev–Trinajstić information content (AvgIpc) is 2.85. The number of rotatable bonds is 10. The van der Waals surface area contributed by atoms with Gasteiger partial charge in [0.15, 0.2) is 0 Å². The molecule has 0 spiro atoms. The third-order valence-corrected chi connectivity index (χ3v) is 7.08. The van der Waals surface area contributed by atoms with Gasteiger partial charge in [0.1, 0.15) is 17.2 Å². The van der Waals surface area contributed by atoms with Crippen LogP contribution in [-0.4, -0.2) is 41.9 Å². The second-order valence-corrected chi connectivity index (χ2v) is 11.1. The van der Waals surface area contributed by atoms with Crippen molar-refractivity contribution in [1.29, 1.82) is 0 Å². The summed E-state index contributed by atoms with van der Waals surface area (Å²) in [6, 6.07) is 8.20.